The molecule has 3 aromatic rings. The van der Waals surface area contributed by atoms with E-state index in [0.29, 0.717) is 10.9 Å². The van der Waals surface area contributed by atoms with E-state index < -0.39 is 0 Å². The van der Waals surface area contributed by atoms with Crippen molar-refractivity contribution in [1.29, 1.82) is 0 Å². The highest BCUT2D eigenvalue weighted by Gasteiger charge is 2.15. The van der Waals surface area contributed by atoms with E-state index in [1.54, 1.807) is 6.07 Å². The van der Waals surface area contributed by atoms with Gasteiger partial charge in [-0.05, 0) is 18.4 Å². The van der Waals surface area contributed by atoms with Crippen LogP contribution in [0.1, 0.15) is 16.2 Å². The number of hydrogen-bond donors (Lipinski definition) is 1. The molecule has 0 spiro atoms. The zero-order valence-electron chi connectivity index (χ0n) is 9.91. The topological polar surface area (TPSA) is 68.0 Å². The second-order valence-corrected chi connectivity index (χ2v) is 5.61. The third kappa shape index (κ3) is 2.56. The van der Waals surface area contributed by atoms with Gasteiger partial charge in [-0.1, -0.05) is 11.2 Å². The van der Waals surface area contributed by atoms with Gasteiger partial charge < -0.3 is 4.52 Å². The number of thiophene rings is 1. The summed E-state index contributed by atoms with van der Waals surface area (Å²) >= 11 is 2.91. The smallest absolute Gasteiger partial charge is 0.279 e. The molecular formula is C12H9N3O2S2. The molecule has 5 nitrogen and oxygen atoms in total. The predicted molar refractivity (Wildman–Crippen MR) is 74.6 cm³/mol. The molecule has 1 N–H and O–H groups in total. The Balaban J connectivity index is 1.77. The third-order valence-electron chi connectivity index (χ3n) is 2.35. The summed E-state index contributed by atoms with van der Waals surface area (Å²) < 4.78 is 5.16. The van der Waals surface area contributed by atoms with Crippen LogP contribution in [0.4, 0.5) is 5.13 Å². The summed E-state index contributed by atoms with van der Waals surface area (Å²) in [5, 5.41) is 10.8. The molecule has 0 bridgehead atoms. The summed E-state index contributed by atoms with van der Waals surface area (Å²) in [7, 11) is 0. The molecule has 3 rings (SSSR count). The third-order valence-corrected chi connectivity index (χ3v) is 4.11. The van der Waals surface area contributed by atoms with Crippen LogP contribution in [-0.2, 0) is 0 Å². The first-order valence-corrected chi connectivity index (χ1v) is 7.22. The average Bonchev–Trinajstić information content (AvgIpc) is 3.08. The summed E-state index contributed by atoms with van der Waals surface area (Å²) in [4.78, 5) is 17.0. The standard InChI is InChI=1S/C12H9N3O2S2/c1-7-6-19-12(13-7)14-11(16)8-5-9(17-15-8)10-3-2-4-18-10/h2-6H,1H3,(H,13,14,16). The number of carbonyl (C=O) groups excluding carboxylic acids is 1. The molecule has 0 saturated carbocycles. The lowest BCUT2D eigenvalue weighted by atomic mass is 10.3. The average molecular weight is 291 g/mol. The molecule has 0 aliphatic heterocycles. The minimum absolute atomic E-state index is 0.247. The first-order chi connectivity index (χ1) is 9.22. The van der Waals surface area contributed by atoms with Crippen LogP contribution >= 0.6 is 22.7 Å². The number of nitrogens with one attached hydrogen (secondary N) is 1. The summed E-state index contributed by atoms with van der Waals surface area (Å²) in [6.45, 7) is 1.87. The molecule has 0 aliphatic rings. The van der Waals surface area contributed by atoms with Crippen LogP contribution in [-0.4, -0.2) is 16.0 Å². The summed E-state index contributed by atoms with van der Waals surface area (Å²) in [6, 6.07) is 5.46. The van der Waals surface area contributed by atoms with Gasteiger partial charge in [0.05, 0.1) is 10.6 Å². The highest BCUT2D eigenvalue weighted by Crippen LogP contribution is 2.25. The van der Waals surface area contributed by atoms with Gasteiger partial charge in [0.2, 0.25) is 0 Å². The van der Waals surface area contributed by atoms with E-state index in [9.17, 15) is 4.79 Å². The molecule has 0 aromatic carbocycles. The predicted octanol–water partition coefficient (Wildman–Crippen LogP) is 3.42. The molecule has 3 heterocycles. The highest BCUT2D eigenvalue weighted by atomic mass is 32.1. The van der Waals surface area contributed by atoms with Gasteiger partial charge in [0.25, 0.3) is 5.91 Å². The van der Waals surface area contributed by atoms with Crippen molar-refractivity contribution < 1.29 is 9.32 Å². The fourth-order valence-electron chi connectivity index (χ4n) is 1.49. The van der Waals surface area contributed by atoms with Crippen molar-refractivity contribution in [3.05, 3.63) is 40.3 Å². The Kier molecular flexibility index (Phi) is 3.14. The zero-order valence-corrected chi connectivity index (χ0v) is 11.5. The summed E-state index contributed by atoms with van der Waals surface area (Å²) in [5.41, 5.74) is 1.12. The Bertz CT molecular complexity index is 700. The van der Waals surface area contributed by atoms with Gasteiger partial charge >= 0.3 is 0 Å². The maximum absolute atomic E-state index is 11.9. The molecule has 0 saturated heterocycles. The van der Waals surface area contributed by atoms with E-state index in [2.05, 4.69) is 15.5 Å². The molecule has 0 fully saturated rings. The van der Waals surface area contributed by atoms with Gasteiger partial charge in [0.1, 0.15) is 0 Å². The number of rotatable bonds is 3. The SMILES string of the molecule is Cc1csc(NC(=O)c2cc(-c3cccs3)on2)n1. The first-order valence-electron chi connectivity index (χ1n) is 5.46. The molecule has 1 amide bonds. The van der Waals surface area contributed by atoms with Crippen molar-refractivity contribution in [2.24, 2.45) is 0 Å². The Labute approximate surface area is 116 Å². The lowest BCUT2D eigenvalue weighted by molar-refractivity contribution is 0.101. The second kappa shape index (κ2) is 4.94. The molecule has 3 aromatic heterocycles. The highest BCUT2D eigenvalue weighted by molar-refractivity contribution is 7.14. The van der Waals surface area contributed by atoms with Crippen molar-refractivity contribution in [2.75, 3.05) is 5.32 Å². The number of nitrogens with zero attached hydrogens (tertiary/aromatic N) is 2. The van der Waals surface area contributed by atoms with E-state index in [-0.39, 0.29) is 11.6 Å². The van der Waals surface area contributed by atoms with Gasteiger partial charge in [0.15, 0.2) is 16.6 Å². The minimum Gasteiger partial charge on any atom is -0.355 e. The van der Waals surface area contributed by atoms with Crippen LogP contribution in [0.5, 0.6) is 0 Å². The van der Waals surface area contributed by atoms with Crippen molar-refractivity contribution in [2.45, 2.75) is 6.92 Å². The normalized spacial score (nSPS) is 10.6. The molecule has 0 aliphatic carbocycles. The van der Waals surface area contributed by atoms with Crippen LogP contribution in [0.2, 0.25) is 0 Å². The van der Waals surface area contributed by atoms with Crippen molar-refractivity contribution in [3.8, 4) is 10.6 Å². The van der Waals surface area contributed by atoms with Gasteiger partial charge in [-0.3, -0.25) is 10.1 Å². The summed E-state index contributed by atoms with van der Waals surface area (Å²) in [6.07, 6.45) is 0. The van der Waals surface area contributed by atoms with Crippen molar-refractivity contribution >= 4 is 33.7 Å². The van der Waals surface area contributed by atoms with Crippen LogP contribution in [0.15, 0.2) is 33.5 Å². The first kappa shape index (κ1) is 12.1. The molecule has 96 valence electrons. The van der Waals surface area contributed by atoms with Crippen molar-refractivity contribution in [1.82, 2.24) is 10.1 Å². The zero-order chi connectivity index (χ0) is 13.2. The lowest BCUT2D eigenvalue weighted by Crippen LogP contribution is -2.11. The van der Waals surface area contributed by atoms with E-state index >= 15 is 0 Å². The number of aromatic nitrogens is 2. The minimum atomic E-state index is -0.319. The number of anilines is 1. The Hall–Kier alpha value is -1.99. The summed E-state index contributed by atoms with van der Waals surface area (Å²) in [5.74, 6) is 0.274. The molecular weight excluding hydrogens is 282 g/mol. The monoisotopic (exact) mass is 291 g/mol. The Morgan fingerprint density at radius 2 is 2.32 bits per heavy atom. The maximum atomic E-state index is 11.9. The van der Waals surface area contributed by atoms with Crippen LogP contribution in [0.3, 0.4) is 0 Å². The molecule has 0 atom stereocenters. The van der Waals surface area contributed by atoms with Gasteiger partial charge in [-0.2, -0.15) is 0 Å². The van der Waals surface area contributed by atoms with E-state index in [4.69, 9.17) is 4.52 Å². The molecule has 0 radical (unpaired) electrons. The molecule has 19 heavy (non-hydrogen) atoms. The van der Waals surface area contributed by atoms with E-state index in [0.717, 1.165) is 10.6 Å². The van der Waals surface area contributed by atoms with Gasteiger partial charge in [-0.15, -0.1) is 22.7 Å². The molecule has 7 heteroatoms. The Morgan fingerprint density at radius 1 is 1.42 bits per heavy atom. The van der Waals surface area contributed by atoms with Gasteiger partial charge in [-0.25, -0.2) is 4.98 Å². The number of hydrogen-bond acceptors (Lipinski definition) is 6. The lowest BCUT2D eigenvalue weighted by Gasteiger charge is -1.95. The van der Waals surface area contributed by atoms with E-state index in [1.807, 2.05) is 29.8 Å². The van der Waals surface area contributed by atoms with Crippen LogP contribution < -0.4 is 5.32 Å². The molecule has 0 unspecified atom stereocenters. The number of carbonyl (C=O) groups is 1. The second-order valence-electron chi connectivity index (χ2n) is 3.80. The number of aryl methyl sites for hydroxylation is 1. The maximum Gasteiger partial charge on any atom is 0.279 e. The van der Waals surface area contributed by atoms with E-state index in [1.165, 1.54) is 22.7 Å². The fraction of sp³-hybridized carbons (Fsp3) is 0.0833. The fourth-order valence-corrected chi connectivity index (χ4v) is 2.85. The largest absolute Gasteiger partial charge is 0.355 e. The number of thiazole rings is 1. The number of amides is 1. The van der Waals surface area contributed by atoms with Crippen LogP contribution in [0, 0.1) is 6.92 Å². The van der Waals surface area contributed by atoms with Crippen molar-refractivity contribution in [3.63, 3.8) is 0 Å². The van der Waals surface area contributed by atoms with Gasteiger partial charge in [0, 0.05) is 11.4 Å². The quantitative estimate of drug-likeness (QED) is 0.803. The Morgan fingerprint density at radius 3 is 3.00 bits per heavy atom. The van der Waals surface area contributed by atoms with Crippen LogP contribution in [0.25, 0.3) is 10.6 Å².